The van der Waals surface area contributed by atoms with Crippen molar-refractivity contribution in [2.75, 3.05) is 0 Å². The highest BCUT2D eigenvalue weighted by Crippen LogP contribution is 2.46. The van der Waals surface area contributed by atoms with Gasteiger partial charge in [-0.05, 0) is 47.0 Å². The van der Waals surface area contributed by atoms with Crippen LogP contribution in [0.2, 0.25) is 0 Å². The fourth-order valence-electron chi connectivity index (χ4n) is 8.68. The molecule has 8 aromatic carbocycles. The highest BCUT2D eigenvalue weighted by molar-refractivity contribution is 7.26. The Morgan fingerprint density at radius 1 is 0.417 bits per heavy atom. The zero-order chi connectivity index (χ0) is 39.6. The number of para-hydroxylation sites is 2. The fourth-order valence-corrected chi connectivity index (χ4v) is 9.91. The molecule has 0 aliphatic heterocycles. The smallest absolute Gasteiger partial charge is 0.160 e. The van der Waals surface area contributed by atoms with Crippen LogP contribution in [0.3, 0.4) is 0 Å². The lowest BCUT2D eigenvalue weighted by molar-refractivity contribution is 0.670. The van der Waals surface area contributed by atoms with E-state index in [4.69, 9.17) is 14.4 Å². The summed E-state index contributed by atoms with van der Waals surface area (Å²) in [5.41, 5.74) is 14.2. The Hall–Kier alpha value is -7.73. The molecule has 0 aliphatic rings. The van der Waals surface area contributed by atoms with Crippen molar-refractivity contribution >= 4 is 64.4 Å². The SMILES string of the molecule is c1ccc(-c2cc(-c3ccc(-c4ccc(-c5cccc6c5sc5ccccc56)c5c4oc4ccccc45)cc3)nc(-c3ccc(-c4cccc5cccnc45)cc3)n2)cc1. The van der Waals surface area contributed by atoms with Crippen LogP contribution in [0.4, 0.5) is 0 Å². The molecule has 280 valence electrons. The van der Waals surface area contributed by atoms with Gasteiger partial charge in [0, 0.05) is 75.9 Å². The van der Waals surface area contributed by atoms with E-state index in [1.165, 1.54) is 31.3 Å². The van der Waals surface area contributed by atoms with Gasteiger partial charge in [-0.2, -0.15) is 0 Å². The Kier molecular flexibility index (Phi) is 8.00. The largest absolute Gasteiger partial charge is 0.455 e. The minimum absolute atomic E-state index is 0.672. The molecule has 12 rings (SSSR count). The average Bonchev–Trinajstić information content (AvgIpc) is 3.91. The van der Waals surface area contributed by atoms with Crippen LogP contribution in [0.5, 0.6) is 0 Å². The molecule has 12 aromatic rings. The molecule has 0 aliphatic carbocycles. The molecule has 0 bridgehead atoms. The molecule has 4 nitrogen and oxygen atoms in total. The first-order valence-corrected chi connectivity index (χ1v) is 20.9. The van der Waals surface area contributed by atoms with E-state index in [0.29, 0.717) is 5.82 Å². The highest BCUT2D eigenvalue weighted by atomic mass is 32.1. The number of hydrogen-bond donors (Lipinski definition) is 0. The van der Waals surface area contributed by atoms with Gasteiger partial charge in [-0.25, -0.2) is 9.97 Å². The predicted molar refractivity (Wildman–Crippen MR) is 250 cm³/mol. The van der Waals surface area contributed by atoms with Crippen LogP contribution in [-0.2, 0) is 0 Å². The summed E-state index contributed by atoms with van der Waals surface area (Å²) < 4.78 is 9.34. The standard InChI is InChI=1S/C55H33N3OS/c1-2-11-36(12-3-1)47-33-48(58-55(57-47)39-28-24-34(25-29-39)40-17-8-13-38-14-10-32-56-52(38)40)37-26-22-35(23-27-37)41-30-31-43(51-46-16-4-6-20-49(46)59-53(41)51)45-19-9-18-44-42-15-5-7-21-50(42)60-54(44)45/h1-33H. The molecule has 0 amide bonds. The third kappa shape index (κ3) is 5.70. The molecular formula is C55H33N3OS. The Bertz CT molecular complexity index is 3580. The molecule has 0 unspecified atom stereocenters. The van der Waals surface area contributed by atoms with Crippen LogP contribution in [0.25, 0.3) is 120 Å². The zero-order valence-electron chi connectivity index (χ0n) is 32.2. The summed E-state index contributed by atoms with van der Waals surface area (Å²) in [6.45, 7) is 0. The number of furan rings is 1. The van der Waals surface area contributed by atoms with Gasteiger partial charge in [-0.15, -0.1) is 11.3 Å². The monoisotopic (exact) mass is 783 g/mol. The lowest BCUT2D eigenvalue weighted by Gasteiger charge is -2.12. The van der Waals surface area contributed by atoms with Crippen molar-refractivity contribution in [3.05, 3.63) is 200 Å². The van der Waals surface area contributed by atoms with Gasteiger partial charge in [0.2, 0.25) is 0 Å². The molecule has 0 saturated heterocycles. The first kappa shape index (κ1) is 34.3. The number of hydrogen-bond acceptors (Lipinski definition) is 5. The average molecular weight is 784 g/mol. The van der Waals surface area contributed by atoms with Crippen molar-refractivity contribution in [2.24, 2.45) is 0 Å². The van der Waals surface area contributed by atoms with Crippen molar-refractivity contribution in [1.82, 2.24) is 15.0 Å². The molecular weight excluding hydrogens is 751 g/mol. The number of nitrogens with zero attached hydrogens (tertiary/aromatic N) is 3. The molecule has 0 fully saturated rings. The third-order valence-corrected chi connectivity index (χ3v) is 12.8. The third-order valence-electron chi connectivity index (χ3n) is 11.6. The number of benzene rings is 8. The maximum absolute atomic E-state index is 6.75. The van der Waals surface area contributed by atoms with Crippen molar-refractivity contribution in [1.29, 1.82) is 0 Å². The normalized spacial score (nSPS) is 11.7. The molecule has 0 saturated carbocycles. The van der Waals surface area contributed by atoms with E-state index in [2.05, 4.69) is 169 Å². The van der Waals surface area contributed by atoms with Crippen molar-refractivity contribution < 1.29 is 4.42 Å². The van der Waals surface area contributed by atoms with E-state index in [-0.39, 0.29) is 0 Å². The van der Waals surface area contributed by atoms with E-state index in [0.717, 1.165) is 83.2 Å². The molecule has 0 radical (unpaired) electrons. The Balaban J connectivity index is 0.952. The second-order valence-electron chi connectivity index (χ2n) is 15.1. The van der Waals surface area contributed by atoms with Crippen molar-refractivity contribution in [3.63, 3.8) is 0 Å². The second kappa shape index (κ2) is 14.0. The summed E-state index contributed by atoms with van der Waals surface area (Å²) >= 11 is 1.86. The van der Waals surface area contributed by atoms with Crippen LogP contribution < -0.4 is 0 Å². The Morgan fingerprint density at radius 2 is 1.03 bits per heavy atom. The predicted octanol–water partition coefficient (Wildman–Crippen LogP) is 15.3. The Labute approximate surface area is 349 Å². The fraction of sp³-hybridized carbons (Fsp3) is 0. The topological polar surface area (TPSA) is 51.8 Å². The first-order valence-electron chi connectivity index (χ1n) is 20.1. The van der Waals surface area contributed by atoms with Crippen molar-refractivity contribution in [2.45, 2.75) is 0 Å². The number of thiophene rings is 1. The molecule has 0 N–H and O–H groups in total. The number of rotatable bonds is 6. The summed E-state index contributed by atoms with van der Waals surface area (Å²) in [6.07, 6.45) is 1.85. The number of aromatic nitrogens is 3. The molecule has 5 heteroatoms. The van der Waals surface area contributed by atoms with Gasteiger partial charge in [0.05, 0.1) is 16.9 Å². The molecule has 0 spiro atoms. The molecule has 0 atom stereocenters. The lowest BCUT2D eigenvalue weighted by atomic mass is 9.93. The quantitative estimate of drug-likeness (QED) is 0.169. The van der Waals surface area contributed by atoms with E-state index < -0.39 is 0 Å². The highest BCUT2D eigenvalue weighted by Gasteiger charge is 2.20. The van der Waals surface area contributed by atoms with E-state index >= 15 is 0 Å². The summed E-state index contributed by atoms with van der Waals surface area (Å²) in [5, 5.41) is 5.94. The van der Waals surface area contributed by atoms with Crippen LogP contribution in [0, 0.1) is 0 Å². The van der Waals surface area contributed by atoms with Crippen LogP contribution >= 0.6 is 11.3 Å². The van der Waals surface area contributed by atoms with E-state index in [1.54, 1.807) is 0 Å². The van der Waals surface area contributed by atoms with Crippen molar-refractivity contribution in [3.8, 4) is 67.3 Å². The number of fused-ring (bicyclic) bond motifs is 7. The Morgan fingerprint density at radius 3 is 1.87 bits per heavy atom. The summed E-state index contributed by atoms with van der Waals surface area (Å²) in [6, 6.07) is 68.2. The second-order valence-corrected chi connectivity index (χ2v) is 16.2. The molecule has 60 heavy (non-hydrogen) atoms. The van der Waals surface area contributed by atoms with Gasteiger partial charge in [0.1, 0.15) is 11.2 Å². The minimum Gasteiger partial charge on any atom is -0.455 e. The van der Waals surface area contributed by atoms with Crippen LogP contribution in [-0.4, -0.2) is 15.0 Å². The molecule has 4 heterocycles. The van der Waals surface area contributed by atoms with Gasteiger partial charge >= 0.3 is 0 Å². The number of pyridine rings is 1. The maximum atomic E-state index is 6.75. The van der Waals surface area contributed by atoms with Gasteiger partial charge in [0.15, 0.2) is 5.82 Å². The van der Waals surface area contributed by atoms with Gasteiger partial charge in [0.25, 0.3) is 0 Å². The van der Waals surface area contributed by atoms with E-state index in [1.807, 2.05) is 47.9 Å². The summed E-state index contributed by atoms with van der Waals surface area (Å²) in [7, 11) is 0. The lowest BCUT2D eigenvalue weighted by Crippen LogP contribution is -1.96. The van der Waals surface area contributed by atoms with Crippen LogP contribution in [0.15, 0.2) is 205 Å². The summed E-state index contributed by atoms with van der Waals surface area (Å²) in [5.74, 6) is 0.672. The van der Waals surface area contributed by atoms with Gasteiger partial charge in [-0.3, -0.25) is 4.98 Å². The molecule has 4 aromatic heterocycles. The van der Waals surface area contributed by atoms with Gasteiger partial charge in [-0.1, -0.05) is 164 Å². The zero-order valence-corrected chi connectivity index (χ0v) is 33.0. The van der Waals surface area contributed by atoms with Gasteiger partial charge < -0.3 is 4.42 Å². The summed E-state index contributed by atoms with van der Waals surface area (Å²) in [4.78, 5) is 15.0. The minimum atomic E-state index is 0.672. The van der Waals surface area contributed by atoms with Crippen LogP contribution in [0.1, 0.15) is 0 Å². The van der Waals surface area contributed by atoms with E-state index in [9.17, 15) is 0 Å². The maximum Gasteiger partial charge on any atom is 0.160 e. The first-order chi connectivity index (χ1) is 29.7.